The van der Waals surface area contributed by atoms with E-state index < -0.39 is 29.9 Å². The molecule has 30 heavy (non-hydrogen) atoms. The van der Waals surface area contributed by atoms with E-state index in [0.29, 0.717) is 43.3 Å². The molecule has 3 heterocycles. The number of hydrogen-bond acceptors (Lipinski definition) is 7. The summed E-state index contributed by atoms with van der Waals surface area (Å²) >= 11 is 0. The van der Waals surface area contributed by atoms with Crippen LogP contribution < -0.4 is 15.5 Å². The molecule has 0 aliphatic carbocycles. The monoisotopic (exact) mass is 412 g/mol. The minimum Gasteiger partial charge on any atom is -0.495 e. The predicted molar refractivity (Wildman–Crippen MR) is 109 cm³/mol. The molecule has 2 aliphatic rings. The highest BCUT2D eigenvalue weighted by atomic mass is 16.5. The molecule has 2 N–H and O–H groups in total. The van der Waals surface area contributed by atoms with Crippen molar-refractivity contribution in [3.8, 4) is 0 Å². The van der Waals surface area contributed by atoms with Gasteiger partial charge in [-0.1, -0.05) is 13.2 Å². The predicted octanol–water partition coefficient (Wildman–Crippen LogP) is 0.714. The van der Waals surface area contributed by atoms with Crippen LogP contribution in [0.25, 0.3) is 0 Å². The number of carbonyl (C=O) groups is 3. The normalized spacial score (nSPS) is 18.6. The first-order chi connectivity index (χ1) is 14.4. The van der Waals surface area contributed by atoms with Gasteiger partial charge in [0.1, 0.15) is 17.8 Å². The molecule has 1 spiro atoms. The summed E-state index contributed by atoms with van der Waals surface area (Å²) in [6.45, 7) is 7.82. The summed E-state index contributed by atoms with van der Waals surface area (Å²) in [5, 5.41) is 5.36. The lowest BCUT2D eigenvalue weighted by Crippen LogP contribution is -2.55. The third kappa shape index (κ3) is 4.02. The van der Waals surface area contributed by atoms with Crippen molar-refractivity contribution >= 4 is 23.8 Å². The lowest BCUT2D eigenvalue weighted by Gasteiger charge is -2.37. The number of imide groups is 1. The smallest absolute Gasteiger partial charge is 0.325 e. The maximum absolute atomic E-state index is 13.0. The van der Waals surface area contributed by atoms with Crippen LogP contribution in [0.3, 0.4) is 0 Å². The van der Waals surface area contributed by atoms with Crippen LogP contribution in [0.5, 0.6) is 0 Å². The Morgan fingerprint density at radius 3 is 2.50 bits per heavy atom. The molecule has 3 rings (SSSR count). The van der Waals surface area contributed by atoms with Gasteiger partial charge in [-0.2, -0.15) is 0 Å². The molecule has 0 saturated carbocycles. The molecule has 2 fully saturated rings. The molecule has 2 saturated heterocycles. The van der Waals surface area contributed by atoms with Crippen LogP contribution in [0.1, 0.15) is 12.8 Å². The number of methoxy groups -OCH3 is 1. The van der Waals surface area contributed by atoms with E-state index >= 15 is 0 Å². The zero-order valence-corrected chi connectivity index (χ0v) is 16.8. The van der Waals surface area contributed by atoms with Gasteiger partial charge in [-0.05, 0) is 31.1 Å². The van der Waals surface area contributed by atoms with Gasteiger partial charge in [0.25, 0.3) is 5.91 Å². The Morgan fingerprint density at radius 1 is 1.27 bits per heavy atom. The summed E-state index contributed by atoms with van der Waals surface area (Å²) in [6.07, 6.45) is 6.93. The van der Waals surface area contributed by atoms with E-state index in [-0.39, 0.29) is 0 Å². The Kier molecular flexibility index (Phi) is 6.14. The summed E-state index contributed by atoms with van der Waals surface area (Å²) in [4.78, 5) is 49.2. The molecule has 0 bridgehead atoms. The van der Waals surface area contributed by atoms with Crippen molar-refractivity contribution in [2.75, 3.05) is 31.6 Å². The second kappa shape index (κ2) is 8.76. The van der Waals surface area contributed by atoms with Crippen LogP contribution in [0, 0.1) is 0 Å². The number of anilines is 1. The third-order valence-electron chi connectivity index (χ3n) is 5.15. The van der Waals surface area contributed by atoms with E-state index in [9.17, 15) is 14.4 Å². The number of carbonyl (C=O) groups excluding carboxylic acids is 3. The average molecular weight is 412 g/mol. The fraction of sp³-hybridized carbons (Fsp3) is 0.350. The first-order valence-corrected chi connectivity index (χ1v) is 9.43. The topological polar surface area (TPSA) is 117 Å². The standard InChI is InChI=1S/C20H24N6O4/c1-4-14(15(5-2)30-3)23-16(27)13-26-17(28)20(24-19(26)29)7-11-25(12-8-20)18-21-9-6-10-22-18/h4-6,9-10H,1-2,7-8,11-13H2,3H3,(H,23,27)(H,24,29)/b15-14-. The number of urea groups is 1. The number of piperidine rings is 1. The van der Waals surface area contributed by atoms with E-state index in [1.165, 1.54) is 19.3 Å². The fourth-order valence-corrected chi connectivity index (χ4v) is 3.55. The first kappa shape index (κ1) is 21.0. The molecule has 4 amide bonds. The molecule has 158 valence electrons. The molecule has 10 heteroatoms. The zero-order chi connectivity index (χ0) is 21.7. The first-order valence-electron chi connectivity index (χ1n) is 9.43. The molecule has 0 atom stereocenters. The molecule has 0 aromatic carbocycles. The molecule has 1 aromatic rings. The van der Waals surface area contributed by atoms with Gasteiger partial charge in [0.2, 0.25) is 11.9 Å². The van der Waals surface area contributed by atoms with E-state index in [1.807, 2.05) is 4.90 Å². The van der Waals surface area contributed by atoms with Crippen molar-refractivity contribution in [1.82, 2.24) is 25.5 Å². The number of aromatic nitrogens is 2. The SMILES string of the molecule is C=C/C(NC(=O)CN1C(=O)NC2(CCN(c3ncccn3)CC2)C1=O)=C(\C=C)OC. The maximum Gasteiger partial charge on any atom is 0.325 e. The minimum absolute atomic E-state index is 0.301. The van der Waals surface area contributed by atoms with Gasteiger partial charge >= 0.3 is 6.03 Å². The Morgan fingerprint density at radius 2 is 1.93 bits per heavy atom. The number of nitrogens with zero attached hydrogens (tertiary/aromatic N) is 4. The van der Waals surface area contributed by atoms with Crippen molar-refractivity contribution in [1.29, 1.82) is 0 Å². The molecule has 0 radical (unpaired) electrons. The van der Waals surface area contributed by atoms with Crippen molar-refractivity contribution in [2.24, 2.45) is 0 Å². The largest absolute Gasteiger partial charge is 0.495 e. The van der Waals surface area contributed by atoms with Gasteiger partial charge in [-0.3, -0.25) is 14.5 Å². The van der Waals surface area contributed by atoms with Gasteiger partial charge in [-0.15, -0.1) is 0 Å². The highest BCUT2D eigenvalue weighted by molar-refractivity contribution is 6.09. The lowest BCUT2D eigenvalue weighted by atomic mass is 9.87. The number of nitrogens with one attached hydrogen (secondary N) is 2. The highest BCUT2D eigenvalue weighted by Crippen LogP contribution is 2.30. The van der Waals surface area contributed by atoms with E-state index in [0.717, 1.165) is 4.90 Å². The highest BCUT2D eigenvalue weighted by Gasteiger charge is 2.52. The van der Waals surface area contributed by atoms with E-state index in [4.69, 9.17) is 4.74 Å². The summed E-state index contributed by atoms with van der Waals surface area (Å²) in [7, 11) is 1.43. The second-order valence-corrected chi connectivity index (χ2v) is 6.88. The minimum atomic E-state index is -1.02. The van der Waals surface area contributed by atoms with E-state index in [2.05, 4.69) is 33.8 Å². The molecule has 10 nitrogen and oxygen atoms in total. The number of rotatable bonds is 7. The van der Waals surface area contributed by atoms with Crippen LogP contribution in [0.15, 0.2) is 55.2 Å². The molecule has 1 aromatic heterocycles. The summed E-state index contributed by atoms with van der Waals surface area (Å²) in [6, 6.07) is 1.15. The maximum atomic E-state index is 13.0. The van der Waals surface area contributed by atoms with E-state index in [1.54, 1.807) is 18.5 Å². The van der Waals surface area contributed by atoms with Crippen LogP contribution >= 0.6 is 0 Å². The van der Waals surface area contributed by atoms with Gasteiger partial charge in [0, 0.05) is 25.5 Å². The number of hydrogen-bond donors (Lipinski definition) is 2. The van der Waals surface area contributed by atoms with Crippen molar-refractivity contribution in [2.45, 2.75) is 18.4 Å². The van der Waals surface area contributed by atoms with Crippen LogP contribution in [-0.2, 0) is 14.3 Å². The van der Waals surface area contributed by atoms with Crippen LogP contribution in [-0.4, -0.2) is 65.0 Å². The molecule has 0 unspecified atom stereocenters. The summed E-state index contributed by atoms with van der Waals surface area (Å²) < 4.78 is 5.10. The van der Waals surface area contributed by atoms with Crippen molar-refractivity contribution < 1.29 is 19.1 Å². The van der Waals surface area contributed by atoms with Gasteiger partial charge < -0.3 is 20.3 Å². The Labute approximate surface area is 174 Å². The van der Waals surface area contributed by atoms with Crippen molar-refractivity contribution in [3.63, 3.8) is 0 Å². The molecular weight excluding hydrogens is 388 g/mol. The van der Waals surface area contributed by atoms with Crippen LogP contribution in [0.4, 0.5) is 10.7 Å². The Bertz CT molecular complexity index is 890. The zero-order valence-electron chi connectivity index (χ0n) is 16.8. The summed E-state index contributed by atoms with van der Waals surface area (Å²) in [5.74, 6) is -0.0455. The van der Waals surface area contributed by atoms with Gasteiger partial charge in [0.15, 0.2) is 0 Å². The quantitative estimate of drug-likeness (QED) is 0.385. The summed E-state index contributed by atoms with van der Waals surface area (Å²) in [5.41, 5.74) is -0.714. The van der Waals surface area contributed by atoms with Crippen LogP contribution in [0.2, 0.25) is 0 Å². The average Bonchev–Trinajstić information content (AvgIpc) is 2.99. The Hall–Kier alpha value is -3.69. The number of ether oxygens (including phenoxy) is 1. The second-order valence-electron chi connectivity index (χ2n) is 6.88. The van der Waals surface area contributed by atoms with Gasteiger partial charge in [0.05, 0.1) is 12.8 Å². The third-order valence-corrected chi connectivity index (χ3v) is 5.15. The molecule has 2 aliphatic heterocycles. The van der Waals surface area contributed by atoms with Gasteiger partial charge in [-0.25, -0.2) is 14.8 Å². The number of amides is 4. The Balaban J connectivity index is 1.65. The number of allylic oxidation sites excluding steroid dienone is 2. The molecular formula is C20H24N6O4. The lowest BCUT2D eigenvalue weighted by molar-refractivity contribution is -0.135. The fourth-order valence-electron chi connectivity index (χ4n) is 3.55. The van der Waals surface area contributed by atoms with Crippen molar-refractivity contribution in [3.05, 3.63) is 55.2 Å².